The van der Waals surface area contributed by atoms with Crippen molar-refractivity contribution in [3.8, 4) is 11.1 Å². The van der Waals surface area contributed by atoms with Crippen LogP contribution >= 0.6 is 0 Å². The van der Waals surface area contributed by atoms with E-state index >= 15 is 0 Å². The average Bonchev–Trinajstić information content (AvgIpc) is 2.78. The zero-order chi connectivity index (χ0) is 21.0. The van der Waals surface area contributed by atoms with Gasteiger partial charge in [0.25, 0.3) is 0 Å². The van der Waals surface area contributed by atoms with Crippen LogP contribution < -0.4 is 0 Å². The fraction of sp³-hybridized carbons (Fsp3) is 0.481. The van der Waals surface area contributed by atoms with E-state index < -0.39 is 18.4 Å². The van der Waals surface area contributed by atoms with Crippen LogP contribution in [0.2, 0.25) is 13.3 Å². The molecule has 2 aromatic carbocycles. The third kappa shape index (κ3) is 6.72. The molecule has 0 bridgehead atoms. The van der Waals surface area contributed by atoms with Gasteiger partial charge in [0.1, 0.15) is 0 Å². The maximum absolute atomic E-state index is 10.1. The van der Waals surface area contributed by atoms with Crippen molar-refractivity contribution in [1.29, 1.82) is 0 Å². The molecule has 0 aromatic heterocycles. The van der Waals surface area contributed by atoms with Crippen LogP contribution in [0.25, 0.3) is 14.7 Å². The third-order valence-electron chi connectivity index (χ3n) is 6.20. The molecule has 158 valence electrons. The van der Waals surface area contributed by atoms with Crippen molar-refractivity contribution in [1.82, 2.24) is 0 Å². The first-order valence-electron chi connectivity index (χ1n) is 11.7. The first kappa shape index (κ1) is 24.2. The van der Waals surface area contributed by atoms with Crippen molar-refractivity contribution >= 4 is 22.0 Å². The molecule has 1 N–H and O–H groups in total. The summed E-state index contributed by atoms with van der Waals surface area (Å²) in [5.41, 5.74) is 4.01. The van der Waals surface area contributed by atoms with Crippen LogP contribution in [0, 0.1) is 0 Å². The Kier molecular flexibility index (Phi) is 11.1. The number of aliphatic hydroxyl groups is 1. The van der Waals surface area contributed by atoms with E-state index in [1.54, 1.807) is 3.59 Å². The second-order valence-electron chi connectivity index (χ2n) is 8.30. The van der Waals surface area contributed by atoms with Crippen LogP contribution in [0.15, 0.2) is 60.7 Å². The second-order valence-corrected chi connectivity index (χ2v) is 21.4. The summed E-state index contributed by atoms with van der Waals surface area (Å²) < 4.78 is 5.83. The van der Waals surface area contributed by atoms with Gasteiger partial charge in [-0.3, -0.25) is 0 Å². The van der Waals surface area contributed by atoms with Gasteiger partial charge in [-0.2, -0.15) is 0 Å². The van der Waals surface area contributed by atoms with Crippen LogP contribution in [-0.4, -0.2) is 30.1 Å². The van der Waals surface area contributed by atoms with Gasteiger partial charge in [-0.25, -0.2) is 0 Å². The van der Waals surface area contributed by atoms with E-state index in [0.29, 0.717) is 0 Å². The van der Waals surface area contributed by atoms with Crippen molar-refractivity contribution < 1.29 is 5.11 Å². The monoisotopic (exact) mass is 500 g/mol. The molecule has 0 radical (unpaired) electrons. The van der Waals surface area contributed by atoms with Gasteiger partial charge in [0.2, 0.25) is 0 Å². The standard InChI is InChI=1S/C15H13O.3C4H9.Sn/c16-12-6-10-14-9-4-5-11-15(14)13-7-2-1-3-8-13;3*1-3-4-2;/h1-9,11,16H,12H2;3*1,3-4H2,2H3;. The molecule has 0 heterocycles. The topological polar surface area (TPSA) is 20.2 Å². The molecule has 29 heavy (non-hydrogen) atoms. The molecule has 0 atom stereocenters. The second kappa shape index (κ2) is 13.3. The first-order chi connectivity index (χ1) is 14.2. The van der Waals surface area contributed by atoms with Gasteiger partial charge in [-0.1, -0.05) is 0 Å². The Morgan fingerprint density at radius 3 is 1.79 bits per heavy atom. The van der Waals surface area contributed by atoms with Crippen molar-refractivity contribution in [2.75, 3.05) is 6.61 Å². The van der Waals surface area contributed by atoms with Crippen molar-refractivity contribution in [3.05, 3.63) is 66.2 Å². The van der Waals surface area contributed by atoms with Crippen LogP contribution in [0.3, 0.4) is 0 Å². The van der Waals surface area contributed by atoms with E-state index in [2.05, 4.69) is 81.4 Å². The van der Waals surface area contributed by atoms with E-state index in [1.165, 1.54) is 68.5 Å². The summed E-state index contributed by atoms with van der Waals surface area (Å²) in [5, 5.41) is 10.1. The zero-order valence-corrected chi connectivity index (χ0v) is 21.6. The molecule has 0 aliphatic rings. The minimum atomic E-state index is -2.67. The normalized spacial score (nSPS) is 12.3. The molecule has 1 nitrogen and oxygen atoms in total. The summed E-state index contributed by atoms with van der Waals surface area (Å²) in [4.78, 5) is 0. The number of hydrogen-bond acceptors (Lipinski definition) is 1. The Morgan fingerprint density at radius 2 is 1.28 bits per heavy atom. The van der Waals surface area contributed by atoms with Gasteiger partial charge in [-0.15, -0.1) is 0 Å². The molecule has 0 aliphatic carbocycles. The molecule has 0 unspecified atom stereocenters. The molecule has 0 fully saturated rings. The fourth-order valence-electron chi connectivity index (χ4n) is 4.62. The van der Waals surface area contributed by atoms with E-state index in [0.717, 1.165) is 0 Å². The fourth-order valence-corrected chi connectivity index (χ4v) is 21.6. The van der Waals surface area contributed by atoms with Crippen molar-refractivity contribution in [2.24, 2.45) is 0 Å². The number of rotatable bonds is 13. The number of benzene rings is 2. The number of aliphatic hydroxyl groups excluding tert-OH is 1. The van der Waals surface area contributed by atoms with Crippen LogP contribution in [0.4, 0.5) is 0 Å². The number of unbranched alkanes of at least 4 members (excludes halogenated alkanes) is 3. The molecule has 0 saturated heterocycles. The Morgan fingerprint density at radius 1 is 0.759 bits per heavy atom. The van der Waals surface area contributed by atoms with E-state index in [-0.39, 0.29) is 6.61 Å². The molecule has 0 spiro atoms. The molecular formula is C27H40OSn. The van der Waals surface area contributed by atoms with Gasteiger partial charge < -0.3 is 0 Å². The zero-order valence-electron chi connectivity index (χ0n) is 18.8. The SMILES string of the molecule is CCC[CH2][Sn]([CH2]CCC)([CH2]CCC)/[C](=C/CO)c1ccccc1-c1ccccc1. The van der Waals surface area contributed by atoms with E-state index in [9.17, 15) is 5.11 Å². The Hall–Kier alpha value is -1.06. The van der Waals surface area contributed by atoms with Gasteiger partial charge in [-0.05, 0) is 0 Å². The molecule has 2 aromatic rings. The molecular weight excluding hydrogens is 459 g/mol. The maximum atomic E-state index is 10.1. The van der Waals surface area contributed by atoms with Gasteiger partial charge in [0.15, 0.2) is 0 Å². The summed E-state index contributed by atoms with van der Waals surface area (Å²) in [6.07, 6.45) is 10.0. The predicted octanol–water partition coefficient (Wildman–Crippen LogP) is 8.12. The number of hydrogen-bond donors (Lipinski definition) is 1. The van der Waals surface area contributed by atoms with Gasteiger partial charge in [0.05, 0.1) is 0 Å². The molecule has 2 rings (SSSR count). The van der Waals surface area contributed by atoms with E-state index in [1.807, 2.05) is 0 Å². The molecule has 2 heteroatoms. The molecule has 0 amide bonds. The Bertz CT molecular complexity index is 713. The Labute approximate surface area is 183 Å². The summed E-state index contributed by atoms with van der Waals surface area (Å²) in [5.74, 6) is 0. The predicted molar refractivity (Wildman–Crippen MR) is 132 cm³/mol. The molecule has 0 aliphatic heterocycles. The Balaban J connectivity index is 2.62. The quantitative estimate of drug-likeness (QED) is 0.276. The van der Waals surface area contributed by atoms with Crippen molar-refractivity contribution in [3.63, 3.8) is 0 Å². The first-order valence-corrected chi connectivity index (χ1v) is 19.2. The average molecular weight is 499 g/mol. The minimum absolute atomic E-state index is 0.154. The van der Waals surface area contributed by atoms with Gasteiger partial charge in [0, 0.05) is 0 Å². The molecule has 0 saturated carbocycles. The summed E-state index contributed by atoms with van der Waals surface area (Å²) in [6.45, 7) is 7.12. The summed E-state index contributed by atoms with van der Waals surface area (Å²) >= 11 is -2.67. The van der Waals surface area contributed by atoms with Crippen molar-refractivity contribution in [2.45, 2.75) is 72.6 Å². The van der Waals surface area contributed by atoms with Crippen LogP contribution in [-0.2, 0) is 0 Å². The summed E-state index contributed by atoms with van der Waals surface area (Å²) in [6, 6.07) is 19.7. The van der Waals surface area contributed by atoms with Crippen LogP contribution in [0.5, 0.6) is 0 Å². The summed E-state index contributed by atoms with van der Waals surface area (Å²) in [7, 11) is 0. The van der Waals surface area contributed by atoms with Gasteiger partial charge >= 0.3 is 184 Å². The third-order valence-corrected chi connectivity index (χ3v) is 22.0. The van der Waals surface area contributed by atoms with E-state index in [4.69, 9.17) is 0 Å². The van der Waals surface area contributed by atoms with Crippen LogP contribution in [0.1, 0.15) is 64.9 Å².